The molecule has 0 atom stereocenters. The molecule has 0 spiro atoms. The number of halogens is 1. The van der Waals surface area contributed by atoms with Gasteiger partial charge in [-0.15, -0.1) is 0 Å². The number of carbonyl (C=O) groups is 1. The van der Waals surface area contributed by atoms with E-state index >= 15 is 0 Å². The van der Waals surface area contributed by atoms with E-state index in [4.69, 9.17) is 11.6 Å². The van der Waals surface area contributed by atoms with Crippen LogP contribution in [-0.4, -0.2) is 25.1 Å². The SMILES string of the molecule is CCS(=O)(=O)Nc1ccc(C(=O)Nc2ccc(Cl)c(-c3ccccn3)c2)cc1. The third-order valence-corrected chi connectivity index (χ3v) is 5.60. The highest BCUT2D eigenvalue weighted by Crippen LogP contribution is 2.29. The van der Waals surface area contributed by atoms with E-state index in [1.54, 1.807) is 55.6 Å². The van der Waals surface area contributed by atoms with Gasteiger partial charge >= 0.3 is 0 Å². The molecule has 0 aliphatic carbocycles. The number of amides is 1. The molecule has 8 heteroatoms. The third kappa shape index (κ3) is 4.88. The highest BCUT2D eigenvalue weighted by molar-refractivity contribution is 7.92. The largest absolute Gasteiger partial charge is 0.322 e. The summed E-state index contributed by atoms with van der Waals surface area (Å²) >= 11 is 6.26. The number of sulfonamides is 1. The fourth-order valence-electron chi connectivity index (χ4n) is 2.47. The molecule has 2 aromatic carbocycles. The number of anilines is 2. The predicted octanol–water partition coefficient (Wildman–Crippen LogP) is 4.42. The van der Waals surface area contributed by atoms with Gasteiger partial charge in [0.15, 0.2) is 0 Å². The molecule has 0 unspecified atom stereocenters. The molecule has 0 fully saturated rings. The molecular weight excluding hydrogens is 398 g/mol. The quantitative estimate of drug-likeness (QED) is 0.623. The molecule has 0 saturated carbocycles. The molecule has 3 aromatic rings. The molecule has 0 aliphatic heterocycles. The van der Waals surface area contributed by atoms with Gasteiger partial charge in [0.1, 0.15) is 0 Å². The molecule has 28 heavy (non-hydrogen) atoms. The van der Waals surface area contributed by atoms with E-state index < -0.39 is 10.0 Å². The Morgan fingerprint density at radius 1 is 1.04 bits per heavy atom. The van der Waals surface area contributed by atoms with Crippen molar-refractivity contribution in [3.05, 3.63) is 77.4 Å². The van der Waals surface area contributed by atoms with Gasteiger partial charge in [-0.1, -0.05) is 17.7 Å². The number of aromatic nitrogens is 1. The molecule has 0 radical (unpaired) electrons. The number of rotatable bonds is 6. The number of hydrogen-bond acceptors (Lipinski definition) is 4. The summed E-state index contributed by atoms with van der Waals surface area (Å²) in [5.74, 6) is -0.344. The summed E-state index contributed by atoms with van der Waals surface area (Å²) in [7, 11) is -3.36. The summed E-state index contributed by atoms with van der Waals surface area (Å²) in [6.07, 6.45) is 1.67. The average Bonchev–Trinajstić information content (AvgIpc) is 2.70. The topological polar surface area (TPSA) is 88.2 Å². The summed E-state index contributed by atoms with van der Waals surface area (Å²) in [5, 5.41) is 3.34. The summed E-state index contributed by atoms with van der Waals surface area (Å²) in [6.45, 7) is 1.55. The standard InChI is InChI=1S/C20H18ClN3O3S/c1-2-28(26,27)24-15-8-6-14(7-9-15)20(25)23-16-10-11-18(21)17(13-16)19-5-3-4-12-22-19/h3-13,24H,2H2,1H3,(H,23,25). The lowest BCUT2D eigenvalue weighted by Crippen LogP contribution is -2.15. The van der Waals surface area contributed by atoms with Crippen molar-refractivity contribution < 1.29 is 13.2 Å². The van der Waals surface area contributed by atoms with Crippen LogP contribution in [0, 0.1) is 0 Å². The first kappa shape index (κ1) is 19.9. The number of nitrogens with one attached hydrogen (secondary N) is 2. The van der Waals surface area contributed by atoms with Gasteiger partial charge in [0.25, 0.3) is 5.91 Å². The van der Waals surface area contributed by atoms with Crippen molar-refractivity contribution in [3.8, 4) is 11.3 Å². The molecular formula is C20H18ClN3O3S. The predicted molar refractivity (Wildman–Crippen MR) is 112 cm³/mol. The van der Waals surface area contributed by atoms with E-state index in [-0.39, 0.29) is 11.7 Å². The van der Waals surface area contributed by atoms with E-state index in [0.717, 1.165) is 0 Å². The number of benzene rings is 2. The molecule has 1 heterocycles. The van der Waals surface area contributed by atoms with Crippen LogP contribution in [0.5, 0.6) is 0 Å². The van der Waals surface area contributed by atoms with Crippen molar-refractivity contribution in [1.82, 2.24) is 4.98 Å². The molecule has 1 aromatic heterocycles. The zero-order chi connectivity index (χ0) is 20.1. The van der Waals surface area contributed by atoms with Crippen molar-refractivity contribution in [2.75, 3.05) is 15.8 Å². The third-order valence-electron chi connectivity index (χ3n) is 3.97. The lowest BCUT2D eigenvalue weighted by atomic mass is 10.1. The second kappa shape index (κ2) is 8.41. The Morgan fingerprint density at radius 2 is 1.75 bits per heavy atom. The van der Waals surface area contributed by atoms with Crippen LogP contribution in [0.2, 0.25) is 5.02 Å². The van der Waals surface area contributed by atoms with Crippen LogP contribution in [0.3, 0.4) is 0 Å². The zero-order valence-electron chi connectivity index (χ0n) is 15.0. The van der Waals surface area contributed by atoms with Crippen LogP contribution >= 0.6 is 11.6 Å². The Hall–Kier alpha value is -2.90. The van der Waals surface area contributed by atoms with Crippen molar-refractivity contribution in [2.24, 2.45) is 0 Å². The second-order valence-corrected chi connectivity index (χ2v) is 8.36. The molecule has 144 valence electrons. The fraction of sp³-hybridized carbons (Fsp3) is 0.100. The number of hydrogen-bond donors (Lipinski definition) is 2. The van der Waals surface area contributed by atoms with Crippen LogP contribution in [0.25, 0.3) is 11.3 Å². The Bertz CT molecular complexity index is 1090. The smallest absolute Gasteiger partial charge is 0.255 e. The first-order valence-corrected chi connectivity index (χ1v) is 10.5. The molecule has 3 rings (SSSR count). The van der Waals surface area contributed by atoms with E-state index in [0.29, 0.717) is 33.2 Å². The van der Waals surface area contributed by atoms with Crippen LogP contribution in [0.4, 0.5) is 11.4 Å². The average molecular weight is 416 g/mol. The van der Waals surface area contributed by atoms with Gasteiger partial charge in [0.2, 0.25) is 10.0 Å². The maximum atomic E-state index is 12.5. The lowest BCUT2D eigenvalue weighted by molar-refractivity contribution is 0.102. The Morgan fingerprint density at radius 3 is 2.39 bits per heavy atom. The van der Waals surface area contributed by atoms with Gasteiger partial charge in [-0.3, -0.25) is 14.5 Å². The van der Waals surface area contributed by atoms with Gasteiger partial charge in [0.05, 0.1) is 16.5 Å². The number of nitrogens with zero attached hydrogens (tertiary/aromatic N) is 1. The Balaban J connectivity index is 1.76. The van der Waals surface area contributed by atoms with Crippen molar-refractivity contribution in [2.45, 2.75) is 6.92 Å². The molecule has 0 saturated heterocycles. The van der Waals surface area contributed by atoms with Crippen molar-refractivity contribution in [1.29, 1.82) is 0 Å². The Kier molecular flexibility index (Phi) is 5.96. The first-order valence-electron chi connectivity index (χ1n) is 8.51. The van der Waals surface area contributed by atoms with Gasteiger partial charge in [-0.2, -0.15) is 0 Å². The van der Waals surface area contributed by atoms with E-state index in [2.05, 4.69) is 15.0 Å². The van der Waals surface area contributed by atoms with Crippen LogP contribution in [-0.2, 0) is 10.0 Å². The minimum atomic E-state index is -3.36. The van der Waals surface area contributed by atoms with Crippen LogP contribution in [0.1, 0.15) is 17.3 Å². The van der Waals surface area contributed by atoms with Gasteiger partial charge in [-0.25, -0.2) is 8.42 Å². The highest BCUT2D eigenvalue weighted by Gasteiger charge is 2.11. The fourth-order valence-corrected chi connectivity index (χ4v) is 3.32. The van der Waals surface area contributed by atoms with Gasteiger partial charge in [0, 0.05) is 28.7 Å². The number of pyridine rings is 1. The maximum absolute atomic E-state index is 12.5. The molecule has 2 N–H and O–H groups in total. The number of carbonyl (C=O) groups excluding carboxylic acids is 1. The highest BCUT2D eigenvalue weighted by atomic mass is 35.5. The molecule has 0 bridgehead atoms. The van der Waals surface area contributed by atoms with E-state index in [1.165, 1.54) is 0 Å². The summed E-state index contributed by atoms with van der Waals surface area (Å²) in [5.41, 5.74) is 2.79. The van der Waals surface area contributed by atoms with Gasteiger partial charge in [-0.05, 0) is 61.5 Å². The summed E-state index contributed by atoms with van der Waals surface area (Å²) in [4.78, 5) is 16.8. The molecule has 0 aliphatic rings. The lowest BCUT2D eigenvalue weighted by Gasteiger charge is -2.10. The van der Waals surface area contributed by atoms with E-state index in [1.807, 2.05) is 18.2 Å². The minimum Gasteiger partial charge on any atom is -0.322 e. The van der Waals surface area contributed by atoms with E-state index in [9.17, 15) is 13.2 Å². The second-order valence-electron chi connectivity index (χ2n) is 5.95. The first-order chi connectivity index (χ1) is 13.4. The van der Waals surface area contributed by atoms with Crippen LogP contribution in [0.15, 0.2) is 66.9 Å². The molecule has 6 nitrogen and oxygen atoms in total. The molecule has 1 amide bonds. The van der Waals surface area contributed by atoms with Crippen molar-refractivity contribution in [3.63, 3.8) is 0 Å². The summed E-state index contributed by atoms with van der Waals surface area (Å²) < 4.78 is 25.6. The normalized spacial score (nSPS) is 11.1. The zero-order valence-corrected chi connectivity index (χ0v) is 16.6. The maximum Gasteiger partial charge on any atom is 0.255 e. The van der Waals surface area contributed by atoms with Crippen LogP contribution < -0.4 is 10.0 Å². The van der Waals surface area contributed by atoms with Crippen molar-refractivity contribution >= 4 is 38.9 Å². The monoisotopic (exact) mass is 415 g/mol. The van der Waals surface area contributed by atoms with Gasteiger partial charge < -0.3 is 5.32 Å². The summed E-state index contributed by atoms with van der Waals surface area (Å²) in [6, 6.07) is 16.9. The Labute approximate surface area is 168 Å². The minimum absolute atomic E-state index is 0.0234.